The Morgan fingerprint density at radius 1 is 1.11 bits per heavy atom. The van der Waals surface area contributed by atoms with Gasteiger partial charge in [0, 0.05) is 13.1 Å². The zero-order chi connectivity index (χ0) is 19.8. The number of benzene rings is 2. The molecule has 3 rings (SSSR count). The Kier molecular flexibility index (Phi) is 6.62. The number of carbonyl (C=O) groups excluding carboxylic acids is 1. The van der Waals surface area contributed by atoms with Crippen molar-refractivity contribution < 1.29 is 9.53 Å². The molecule has 146 valence electrons. The van der Waals surface area contributed by atoms with Crippen LogP contribution in [0.4, 0.5) is 4.79 Å². The van der Waals surface area contributed by atoms with Crippen molar-refractivity contribution in [3.05, 3.63) is 77.4 Å². The molecule has 0 aliphatic carbocycles. The average molecular weight is 379 g/mol. The summed E-state index contributed by atoms with van der Waals surface area (Å²) in [5.41, 5.74) is 4.43. The molecule has 0 fully saturated rings. The zero-order valence-corrected chi connectivity index (χ0v) is 16.2. The minimum absolute atomic E-state index is 0.182. The third-order valence-electron chi connectivity index (χ3n) is 4.40. The molecule has 0 saturated carbocycles. The molecule has 2 amide bonds. The Balaban J connectivity index is 1.41. The highest BCUT2D eigenvalue weighted by Crippen LogP contribution is 2.19. The Bertz CT molecular complexity index is 892. The van der Waals surface area contributed by atoms with E-state index in [1.165, 1.54) is 11.9 Å². The number of ether oxygens (including phenoxy) is 1. The lowest BCUT2D eigenvalue weighted by molar-refractivity contribution is 0.240. The highest BCUT2D eigenvalue weighted by Gasteiger charge is 2.05. The van der Waals surface area contributed by atoms with Gasteiger partial charge in [0.2, 0.25) is 0 Å². The minimum Gasteiger partial charge on any atom is -0.496 e. The topological polar surface area (TPSA) is 81.1 Å². The Morgan fingerprint density at radius 3 is 2.61 bits per heavy atom. The molecule has 3 aromatic rings. The van der Waals surface area contributed by atoms with Gasteiger partial charge in [-0.15, -0.1) is 0 Å². The van der Waals surface area contributed by atoms with Crippen molar-refractivity contribution in [3.63, 3.8) is 0 Å². The fourth-order valence-electron chi connectivity index (χ4n) is 2.92. The first-order valence-electron chi connectivity index (χ1n) is 9.19. The molecule has 7 heteroatoms. The fraction of sp³-hybridized carbons (Fsp3) is 0.286. The molecule has 7 nitrogen and oxygen atoms in total. The second-order valence-corrected chi connectivity index (χ2v) is 6.58. The Morgan fingerprint density at radius 2 is 1.89 bits per heavy atom. The third-order valence-corrected chi connectivity index (χ3v) is 4.40. The predicted octanol–water partition coefficient (Wildman–Crippen LogP) is 2.69. The number of aromatic nitrogens is 3. The quantitative estimate of drug-likeness (QED) is 0.631. The maximum absolute atomic E-state index is 12.0. The fourth-order valence-corrected chi connectivity index (χ4v) is 2.92. The van der Waals surface area contributed by atoms with Gasteiger partial charge in [0.05, 0.1) is 13.7 Å². The van der Waals surface area contributed by atoms with Gasteiger partial charge in [-0.2, -0.15) is 5.10 Å². The molecule has 28 heavy (non-hydrogen) atoms. The Hall–Kier alpha value is -3.35. The third kappa shape index (κ3) is 5.57. The first-order valence-corrected chi connectivity index (χ1v) is 9.19. The first-order chi connectivity index (χ1) is 13.6. The van der Waals surface area contributed by atoms with Crippen molar-refractivity contribution >= 4 is 6.03 Å². The van der Waals surface area contributed by atoms with Gasteiger partial charge in [0.25, 0.3) is 0 Å². The van der Waals surface area contributed by atoms with E-state index in [2.05, 4.69) is 26.8 Å². The standard InChI is InChI=1S/C21H25N5O2/c1-16-3-8-20(28-2)19(11-16)9-10-23-21(27)24-12-17-4-6-18(7-5-17)13-26-15-22-14-25-26/h3-8,11,14-15H,9-10,12-13H2,1-2H3,(H2,23,24,27). The van der Waals surface area contributed by atoms with Crippen LogP contribution in [0.25, 0.3) is 0 Å². The molecule has 0 aliphatic rings. The van der Waals surface area contributed by atoms with Crippen LogP contribution in [0.5, 0.6) is 5.75 Å². The first kappa shape index (κ1) is 19.4. The van der Waals surface area contributed by atoms with Gasteiger partial charge in [-0.3, -0.25) is 0 Å². The molecular weight excluding hydrogens is 354 g/mol. The molecule has 1 aromatic heterocycles. The summed E-state index contributed by atoms with van der Waals surface area (Å²) in [5, 5.41) is 9.86. The molecule has 2 aromatic carbocycles. The maximum atomic E-state index is 12.0. The highest BCUT2D eigenvalue weighted by atomic mass is 16.5. The second-order valence-electron chi connectivity index (χ2n) is 6.58. The molecule has 2 N–H and O–H groups in total. The number of carbonyl (C=O) groups is 1. The number of urea groups is 1. The van der Waals surface area contributed by atoms with Crippen molar-refractivity contribution in [2.24, 2.45) is 0 Å². The molecule has 0 radical (unpaired) electrons. The lowest BCUT2D eigenvalue weighted by Crippen LogP contribution is -2.36. The van der Waals surface area contributed by atoms with Gasteiger partial charge in [0.15, 0.2) is 0 Å². The number of rotatable bonds is 8. The summed E-state index contributed by atoms with van der Waals surface area (Å²) >= 11 is 0. The van der Waals surface area contributed by atoms with E-state index in [-0.39, 0.29) is 6.03 Å². The number of hydrogen-bond donors (Lipinski definition) is 2. The van der Waals surface area contributed by atoms with Gasteiger partial charge in [-0.25, -0.2) is 14.5 Å². The molecule has 0 aliphatic heterocycles. The van der Waals surface area contributed by atoms with Crippen LogP contribution in [0.15, 0.2) is 55.1 Å². The second kappa shape index (κ2) is 9.55. The molecule has 1 heterocycles. The maximum Gasteiger partial charge on any atom is 0.315 e. The number of amides is 2. The number of nitrogens with one attached hydrogen (secondary N) is 2. The van der Waals surface area contributed by atoms with Gasteiger partial charge >= 0.3 is 6.03 Å². The van der Waals surface area contributed by atoms with Gasteiger partial charge in [-0.1, -0.05) is 42.0 Å². The average Bonchev–Trinajstić information content (AvgIpc) is 3.21. The van der Waals surface area contributed by atoms with Crippen LogP contribution in [0.1, 0.15) is 22.3 Å². The summed E-state index contributed by atoms with van der Waals surface area (Å²) in [6.45, 7) is 3.74. The highest BCUT2D eigenvalue weighted by molar-refractivity contribution is 5.73. The van der Waals surface area contributed by atoms with Crippen LogP contribution in [0.2, 0.25) is 0 Å². The summed E-state index contributed by atoms with van der Waals surface area (Å²) in [6.07, 6.45) is 3.92. The van der Waals surface area contributed by atoms with E-state index in [1.807, 2.05) is 43.3 Å². The molecule has 0 spiro atoms. The largest absolute Gasteiger partial charge is 0.496 e. The van der Waals surface area contributed by atoms with Crippen LogP contribution in [0.3, 0.4) is 0 Å². The predicted molar refractivity (Wildman–Crippen MR) is 107 cm³/mol. The van der Waals surface area contributed by atoms with Gasteiger partial charge < -0.3 is 15.4 Å². The minimum atomic E-state index is -0.182. The van der Waals surface area contributed by atoms with Gasteiger partial charge in [-0.05, 0) is 36.1 Å². The van der Waals surface area contributed by atoms with Crippen LogP contribution in [-0.2, 0) is 19.5 Å². The summed E-state index contributed by atoms with van der Waals surface area (Å²) in [4.78, 5) is 16.0. The van der Waals surface area contributed by atoms with Crippen molar-refractivity contribution in [1.29, 1.82) is 0 Å². The lowest BCUT2D eigenvalue weighted by atomic mass is 10.1. The number of aryl methyl sites for hydroxylation is 1. The van der Waals surface area contributed by atoms with Crippen molar-refractivity contribution in [2.75, 3.05) is 13.7 Å². The smallest absolute Gasteiger partial charge is 0.315 e. The molecule has 0 bridgehead atoms. The van der Waals surface area contributed by atoms with Crippen molar-refractivity contribution in [2.45, 2.75) is 26.4 Å². The number of methoxy groups -OCH3 is 1. The van der Waals surface area contributed by atoms with Crippen molar-refractivity contribution in [1.82, 2.24) is 25.4 Å². The molecule has 0 unspecified atom stereocenters. The van der Waals surface area contributed by atoms with Crippen LogP contribution in [-0.4, -0.2) is 34.5 Å². The van der Waals surface area contributed by atoms with E-state index < -0.39 is 0 Å². The van der Waals surface area contributed by atoms with E-state index >= 15 is 0 Å². The lowest BCUT2D eigenvalue weighted by Gasteiger charge is -2.11. The monoisotopic (exact) mass is 379 g/mol. The van der Waals surface area contributed by atoms with E-state index in [9.17, 15) is 4.79 Å². The van der Waals surface area contributed by atoms with Gasteiger partial charge in [0.1, 0.15) is 18.4 Å². The normalized spacial score (nSPS) is 10.5. The molecule has 0 atom stereocenters. The van der Waals surface area contributed by atoms with Crippen molar-refractivity contribution in [3.8, 4) is 5.75 Å². The van der Waals surface area contributed by atoms with Crippen LogP contribution < -0.4 is 15.4 Å². The molecular formula is C21H25N5O2. The Labute approximate surface area is 164 Å². The van der Waals surface area contributed by atoms with E-state index in [1.54, 1.807) is 18.1 Å². The summed E-state index contributed by atoms with van der Waals surface area (Å²) < 4.78 is 7.14. The van der Waals surface area contributed by atoms with Crippen LogP contribution in [0, 0.1) is 6.92 Å². The van der Waals surface area contributed by atoms with Crippen LogP contribution >= 0.6 is 0 Å². The molecule has 0 saturated heterocycles. The number of hydrogen-bond acceptors (Lipinski definition) is 4. The van der Waals surface area contributed by atoms with E-state index in [4.69, 9.17) is 4.74 Å². The summed E-state index contributed by atoms with van der Waals surface area (Å²) in [6, 6.07) is 13.9. The summed E-state index contributed by atoms with van der Waals surface area (Å²) in [5.74, 6) is 0.846. The number of nitrogens with zero attached hydrogens (tertiary/aromatic N) is 3. The zero-order valence-electron chi connectivity index (χ0n) is 16.2. The summed E-state index contributed by atoms with van der Waals surface area (Å²) in [7, 11) is 1.66. The SMILES string of the molecule is COc1ccc(C)cc1CCNC(=O)NCc1ccc(Cn2cncn2)cc1. The van der Waals surface area contributed by atoms with E-state index in [0.717, 1.165) is 28.9 Å². The van der Waals surface area contributed by atoms with E-state index in [0.29, 0.717) is 19.6 Å².